The van der Waals surface area contributed by atoms with Crippen LogP contribution in [-0.4, -0.2) is 42.4 Å². The first-order valence-corrected chi connectivity index (χ1v) is 8.12. The Morgan fingerprint density at radius 1 is 1.39 bits per heavy atom. The van der Waals surface area contributed by atoms with E-state index in [4.69, 9.17) is 9.47 Å². The van der Waals surface area contributed by atoms with Gasteiger partial charge in [0.05, 0.1) is 13.2 Å². The molecule has 1 aliphatic rings. The highest BCUT2D eigenvalue weighted by Crippen LogP contribution is 2.37. The molecule has 1 aliphatic heterocycles. The lowest BCUT2D eigenvalue weighted by Crippen LogP contribution is -2.56. The molecule has 0 aliphatic carbocycles. The molecule has 128 valence electrons. The molecule has 1 atom stereocenters. The number of rotatable bonds is 2. The van der Waals surface area contributed by atoms with E-state index in [0.29, 0.717) is 4.47 Å². The van der Waals surface area contributed by atoms with Gasteiger partial charge in [-0.2, -0.15) is 8.78 Å². The van der Waals surface area contributed by atoms with Gasteiger partial charge < -0.3 is 9.47 Å². The van der Waals surface area contributed by atoms with E-state index < -0.39 is 23.7 Å². The number of alkyl halides is 2. The minimum atomic E-state index is -3.25. The summed E-state index contributed by atoms with van der Waals surface area (Å²) in [4.78, 5) is 13.3. The van der Waals surface area contributed by atoms with Crippen LogP contribution in [0.3, 0.4) is 0 Å². The van der Waals surface area contributed by atoms with Crippen molar-refractivity contribution in [3.05, 3.63) is 34.3 Å². The third-order valence-corrected chi connectivity index (χ3v) is 3.88. The summed E-state index contributed by atoms with van der Waals surface area (Å²) in [6, 6.07) is 4.49. The Morgan fingerprint density at radius 2 is 2.09 bits per heavy atom. The van der Waals surface area contributed by atoms with Crippen LogP contribution in [0.2, 0.25) is 0 Å². The van der Waals surface area contributed by atoms with Crippen molar-refractivity contribution < 1.29 is 23.0 Å². The second-order valence-corrected chi connectivity index (χ2v) is 7.31. The Bertz CT molecular complexity index is 575. The maximum atomic E-state index is 14.9. The quantitative estimate of drug-likeness (QED) is 0.758. The molecule has 1 aromatic rings. The van der Waals surface area contributed by atoms with Crippen LogP contribution < -0.4 is 0 Å². The molecular weight excluding hydrogens is 372 g/mol. The van der Waals surface area contributed by atoms with Crippen LogP contribution in [0.4, 0.5) is 13.6 Å². The predicted molar refractivity (Wildman–Crippen MR) is 85.6 cm³/mol. The molecule has 1 amide bonds. The number of morpholine rings is 1. The average Bonchev–Trinajstić information content (AvgIpc) is 2.45. The minimum Gasteiger partial charge on any atom is -0.444 e. The fourth-order valence-electron chi connectivity index (χ4n) is 2.33. The number of hydrogen-bond acceptors (Lipinski definition) is 3. The molecule has 1 saturated heterocycles. The van der Waals surface area contributed by atoms with E-state index in [1.54, 1.807) is 26.8 Å². The molecule has 7 heteroatoms. The molecule has 2 rings (SSSR count). The van der Waals surface area contributed by atoms with Gasteiger partial charge in [-0.3, -0.25) is 4.90 Å². The molecule has 0 spiro atoms. The zero-order valence-corrected chi connectivity index (χ0v) is 14.9. The molecule has 4 nitrogen and oxygen atoms in total. The molecule has 0 aromatic heterocycles. The smallest absolute Gasteiger partial charge is 0.410 e. The van der Waals surface area contributed by atoms with Gasteiger partial charge in [0.25, 0.3) is 5.92 Å². The van der Waals surface area contributed by atoms with E-state index in [9.17, 15) is 13.6 Å². The molecule has 0 bridgehead atoms. The van der Waals surface area contributed by atoms with Crippen molar-refractivity contribution in [1.29, 1.82) is 0 Å². The van der Waals surface area contributed by atoms with Crippen LogP contribution in [0.25, 0.3) is 0 Å². The molecule has 0 saturated carbocycles. The number of amides is 1. The van der Waals surface area contributed by atoms with Crippen molar-refractivity contribution in [3.8, 4) is 0 Å². The summed E-state index contributed by atoms with van der Waals surface area (Å²) in [6.07, 6.45) is -0.750. The standard InChI is InChI=1S/C16H20BrF2NO3/c1-15(2,3)23-14(21)20-7-8-22-10-13(20)16(18,19)11-5-4-6-12(17)9-11/h4-6,9,13H,7-8,10H2,1-3H3. The summed E-state index contributed by atoms with van der Waals surface area (Å²) >= 11 is 3.19. The summed E-state index contributed by atoms with van der Waals surface area (Å²) in [5, 5.41) is 0. The number of carbonyl (C=O) groups is 1. The van der Waals surface area contributed by atoms with Gasteiger partial charge in [0, 0.05) is 16.6 Å². The van der Waals surface area contributed by atoms with Crippen LogP contribution >= 0.6 is 15.9 Å². The van der Waals surface area contributed by atoms with Gasteiger partial charge in [0.15, 0.2) is 0 Å². The zero-order valence-electron chi connectivity index (χ0n) is 13.3. The van der Waals surface area contributed by atoms with Gasteiger partial charge in [-0.1, -0.05) is 28.1 Å². The first-order valence-electron chi connectivity index (χ1n) is 7.32. The van der Waals surface area contributed by atoms with Crippen LogP contribution in [0, 0.1) is 0 Å². The molecule has 0 radical (unpaired) electrons. The molecule has 1 heterocycles. The first kappa shape index (κ1) is 18.1. The monoisotopic (exact) mass is 391 g/mol. The fourth-order valence-corrected chi connectivity index (χ4v) is 2.73. The van der Waals surface area contributed by atoms with E-state index in [1.807, 2.05) is 0 Å². The van der Waals surface area contributed by atoms with Crippen molar-refractivity contribution in [2.24, 2.45) is 0 Å². The third-order valence-electron chi connectivity index (χ3n) is 3.38. The number of ether oxygens (including phenoxy) is 2. The molecule has 1 unspecified atom stereocenters. The molecule has 0 N–H and O–H groups in total. The number of halogens is 3. The second kappa shape index (κ2) is 6.73. The van der Waals surface area contributed by atoms with E-state index in [0.717, 1.165) is 4.90 Å². The molecule has 1 fully saturated rings. The van der Waals surface area contributed by atoms with Gasteiger partial charge in [-0.05, 0) is 32.9 Å². The summed E-state index contributed by atoms with van der Waals surface area (Å²) in [6.45, 7) is 5.15. The summed E-state index contributed by atoms with van der Waals surface area (Å²) in [7, 11) is 0. The zero-order chi connectivity index (χ0) is 17.3. The Kier molecular flexibility index (Phi) is 5.30. The van der Waals surface area contributed by atoms with Crippen LogP contribution in [0.1, 0.15) is 26.3 Å². The Labute approximate surface area is 142 Å². The van der Waals surface area contributed by atoms with Crippen molar-refractivity contribution in [2.45, 2.75) is 38.3 Å². The highest BCUT2D eigenvalue weighted by atomic mass is 79.9. The van der Waals surface area contributed by atoms with E-state index in [2.05, 4.69) is 15.9 Å². The number of nitrogens with zero attached hydrogens (tertiary/aromatic N) is 1. The highest BCUT2D eigenvalue weighted by molar-refractivity contribution is 9.10. The number of carbonyl (C=O) groups excluding carboxylic acids is 1. The third kappa shape index (κ3) is 4.41. The lowest BCUT2D eigenvalue weighted by atomic mass is 9.99. The summed E-state index contributed by atoms with van der Waals surface area (Å²) in [5.74, 6) is -3.25. The van der Waals surface area contributed by atoms with Crippen LogP contribution in [0.5, 0.6) is 0 Å². The first-order chi connectivity index (χ1) is 10.6. The minimum absolute atomic E-state index is 0.0726. The van der Waals surface area contributed by atoms with E-state index in [-0.39, 0.29) is 25.3 Å². The summed E-state index contributed by atoms with van der Waals surface area (Å²) < 4.78 is 40.8. The number of hydrogen-bond donors (Lipinski definition) is 0. The Hall–Kier alpha value is -1.21. The van der Waals surface area contributed by atoms with Crippen molar-refractivity contribution >= 4 is 22.0 Å². The maximum absolute atomic E-state index is 14.9. The van der Waals surface area contributed by atoms with Gasteiger partial charge in [0.2, 0.25) is 0 Å². The van der Waals surface area contributed by atoms with Crippen molar-refractivity contribution in [1.82, 2.24) is 4.90 Å². The van der Waals surface area contributed by atoms with Gasteiger partial charge in [0.1, 0.15) is 11.6 Å². The topological polar surface area (TPSA) is 38.8 Å². The van der Waals surface area contributed by atoms with Crippen molar-refractivity contribution in [3.63, 3.8) is 0 Å². The van der Waals surface area contributed by atoms with Gasteiger partial charge in [-0.15, -0.1) is 0 Å². The maximum Gasteiger partial charge on any atom is 0.410 e. The van der Waals surface area contributed by atoms with Crippen molar-refractivity contribution in [2.75, 3.05) is 19.8 Å². The largest absolute Gasteiger partial charge is 0.444 e. The van der Waals surface area contributed by atoms with Gasteiger partial charge >= 0.3 is 6.09 Å². The number of benzene rings is 1. The van der Waals surface area contributed by atoms with Crippen LogP contribution in [-0.2, 0) is 15.4 Å². The van der Waals surface area contributed by atoms with E-state index in [1.165, 1.54) is 18.2 Å². The fraction of sp³-hybridized carbons (Fsp3) is 0.562. The molecule has 1 aromatic carbocycles. The Morgan fingerprint density at radius 3 is 2.70 bits per heavy atom. The summed E-state index contributed by atoms with van der Waals surface area (Å²) in [5.41, 5.74) is -0.915. The second-order valence-electron chi connectivity index (χ2n) is 6.40. The predicted octanol–water partition coefficient (Wildman–Crippen LogP) is 4.18. The molecule has 23 heavy (non-hydrogen) atoms. The average molecular weight is 392 g/mol. The normalized spacial score (nSPS) is 19.6. The lowest BCUT2D eigenvalue weighted by molar-refractivity contribution is -0.137. The molecular formula is C16H20BrF2NO3. The highest BCUT2D eigenvalue weighted by Gasteiger charge is 2.49. The van der Waals surface area contributed by atoms with Gasteiger partial charge in [-0.25, -0.2) is 4.79 Å². The van der Waals surface area contributed by atoms with Crippen LogP contribution in [0.15, 0.2) is 28.7 Å². The lowest BCUT2D eigenvalue weighted by Gasteiger charge is -2.40. The Balaban J connectivity index is 2.28. The van der Waals surface area contributed by atoms with E-state index >= 15 is 0 Å². The SMILES string of the molecule is CC(C)(C)OC(=O)N1CCOCC1C(F)(F)c1cccc(Br)c1.